The van der Waals surface area contributed by atoms with Crippen LogP contribution in [0, 0.1) is 0 Å². The van der Waals surface area contributed by atoms with Crippen molar-refractivity contribution in [1.82, 2.24) is 0 Å². The number of ether oxygens (including phenoxy) is 3. The fourth-order valence-corrected chi connectivity index (χ4v) is 3.10. The summed E-state index contributed by atoms with van der Waals surface area (Å²) < 4.78 is 55.5. The van der Waals surface area contributed by atoms with E-state index in [1.165, 1.54) is 12.1 Å². The quantitative estimate of drug-likeness (QED) is 0.416. The van der Waals surface area contributed by atoms with Crippen molar-refractivity contribution in [2.24, 2.45) is 20.5 Å². The number of hydrogen-bond acceptors (Lipinski definition) is 7. The van der Waals surface area contributed by atoms with Crippen molar-refractivity contribution in [3.8, 4) is 0 Å². The molecule has 2 aliphatic rings. The Bertz CT molecular complexity index is 963. The average Bonchev–Trinajstić information content (AvgIpc) is 3.69. The lowest BCUT2D eigenvalue weighted by Gasteiger charge is -2.15. The van der Waals surface area contributed by atoms with Crippen molar-refractivity contribution in [2.45, 2.75) is 37.6 Å². The molecule has 0 aromatic heterocycles. The highest BCUT2D eigenvalue weighted by molar-refractivity contribution is 5.32. The second-order valence-corrected chi connectivity index (χ2v) is 7.70. The van der Waals surface area contributed by atoms with E-state index in [1.54, 1.807) is 12.1 Å². The van der Waals surface area contributed by atoms with Gasteiger partial charge in [-0.1, -0.05) is 48.5 Å². The summed E-state index contributed by atoms with van der Waals surface area (Å²) in [6, 6.07) is 13.9. The van der Waals surface area contributed by atoms with Gasteiger partial charge in [0.25, 0.3) is 0 Å². The van der Waals surface area contributed by atoms with Gasteiger partial charge in [0.15, 0.2) is 0 Å². The number of alkyl halides is 3. The molecule has 0 bridgehead atoms. The van der Waals surface area contributed by atoms with Crippen LogP contribution >= 0.6 is 0 Å². The van der Waals surface area contributed by atoms with E-state index < -0.39 is 11.8 Å². The van der Waals surface area contributed by atoms with Crippen molar-refractivity contribution < 1.29 is 27.4 Å². The molecule has 0 atom stereocenters. The predicted molar refractivity (Wildman–Crippen MR) is 108 cm³/mol. The fourth-order valence-electron chi connectivity index (χ4n) is 3.10. The smallest absolute Gasteiger partial charge is 0.377 e. The summed E-state index contributed by atoms with van der Waals surface area (Å²) in [5.41, 5.74) is 0.165. The Morgan fingerprint density at radius 2 is 1.09 bits per heavy atom. The van der Waals surface area contributed by atoms with Crippen LogP contribution in [0.15, 0.2) is 69.0 Å². The molecular formula is C22H23F3N4O3. The zero-order chi connectivity index (χ0) is 22.7. The minimum absolute atomic E-state index is 0.0104. The van der Waals surface area contributed by atoms with Gasteiger partial charge in [0.2, 0.25) is 5.66 Å². The molecule has 7 nitrogen and oxygen atoms in total. The Labute approximate surface area is 183 Å². The van der Waals surface area contributed by atoms with Gasteiger partial charge in [-0.15, -0.1) is 10.2 Å². The van der Waals surface area contributed by atoms with Gasteiger partial charge in [-0.3, -0.25) is 0 Å². The van der Waals surface area contributed by atoms with Crippen LogP contribution in [0.1, 0.15) is 29.2 Å². The normalized spacial score (nSPS) is 17.5. The standard InChI is InChI=1S/C22H23F3N4O3/c1-20(26-27-20)18-6-2-16(3-7-18)14-31-12-10-30-11-13-32-15-17-4-8-19(9-5-17)21(28-29-21)22(23,24)25/h2-9H,10-15H2,1H3. The lowest BCUT2D eigenvalue weighted by atomic mass is 10.0. The number of rotatable bonds is 12. The van der Waals surface area contributed by atoms with Crippen LogP contribution in [0.4, 0.5) is 13.2 Å². The molecule has 0 radical (unpaired) electrons. The van der Waals surface area contributed by atoms with Crippen LogP contribution in [-0.4, -0.2) is 32.6 Å². The van der Waals surface area contributed by atoms with Crippen molar-refractivity contribution in [2.75, 3.05) is 26.4 Å². The van der Waals surface area contributed by atoms with Gasteiger partial charge >= 0.3 is 11.8 Å². The van der Waals surface area contributed by atoms with Crippen molar-refractivity contribution in [3.63, 3.8) is 0 Å². The van der Waals surface area contributed by atoms with Gasteiger partial charge in [-0.25, -0.2) is 0 Å². The SMILES string of the molecule is CC1(c2ccc(COCCOCCOCc3ccc(C4(C(F)(F)F)N=N4)cc3)cc2)N=N1. The molecule has 32 heavy (non-hydrogen) atoms. The van der Waals surface area contributed by atoms with E-state index in [1.807, 2.05) is 31.2 Å². The third-order valence-corrected chi connectivity index (χ3v) is 5.23. The molecule has 0 fully saturated rings. The van der Waals surface area contributed by atoms with Gasteiger partial charge < -0.3 is 14.2 Å². The van der Waals surface area contributed by atoms with E-state index >= 15 is 0 Å². The molecule has 0 saturated heterocycles. The second-order valence-electron chi connectivity index (χ2n) is 7.70. The molecule has 2 aromatic carbocycles. The molecule has 0 amide bonds. The molecule has 2 heterocycles. The first-order valence-electron chi connectivity index (χ1n) is 10.2. The summed E-state index contributed by atoms with van der Waals surface area (Å²) in [5, 5.41) is 14.4. The summed E-state index contributed by atoms with van der Waals surface area (Å²) in [6.45, 7) is 4.41. The summed E-state index contributed by atoms with van der Waals surface area (Å²) in [6.07, 6.45) is -4.52. The van der Waals surface area contributed by atoms with E-state index in [0.29, 0.717) is 33.0 Å². The molecule has 170 valence electrons. The maximum Gasteiger partial charge on any atom is 0.442 e. The highest BCUT2D eigenvalue weighted by Crippen LogP contribution is 2.52. The van der Waals surface area contributed by atoms with Gasteiger partial charge in [-0.2, -0.15) is 23.4 Å². The number of benzene rings is 2. The highest BCUT2D eigenvalue weighted by Gasteiger charge is 2.65. The summed E-state index contributed by atoms with van der Waals surface area (Å²) in [4.78, 5) is 0. The van der Waals surface area contributed by atoms with Crippen LogP contribution < -0.4 is 0 Å². The first-order chi connectivity index (χ1) is 15.3. The molecule has 0 saturated carbocycles. The Morgan fingerprint density at radius 3 is 1.50 bits per heavy atom. The third-order valence-electron chi connectivity index (χ3n) is 5.23. The van der Waals surface area contributed by atoms with Crippen molar-refractivity contribution >= 4 is 0 Å². The molecule has 2 aromatic rings. The van der Waals surface area contributed by atoms with E-state index in [2.05, 4.69) is 20.5 Å². The molecule has 0 spiro atoms. The first kappa shape index (κ1) is 22.5. The summed E-state index contributed by atoms with van der Waals surface area (Å²) in [7, 11) is 0. The summed E-state index contributed by atoms with van der Waals surface area (Å²) in [5.74, 6) is 0. The molecule has 4 rings (SSSR count). The monoisotopic (exact) mass is 448 g/mol. The molecule has 2 aliphatic heterocycles. The Balaban J connectivity index is 1.04. The maximum atomic E-state index is 13.0. The predicted octanol–water partition coefficient (Wildman–Crippen LogP) is 5.26. The average molecular weight is 448 g/mol. The van der Waals surface area contributed by atoms with E-state index in [0.717, 1.165) is 16.7 Å². The number of nitrogens with zero attached hydrogens (tertiary/aromatic N) is 4. The Morgan fingerprint density at radius 1 is 0.656 bits per heavy atom. The van der Waals surface area contributed by atoms with Crippen LogP contribution in [0.3, 0.4) is 0 Å². The van der Waals surface area contributed by atoms with Crippen molar-refractivity contribution in [3.05, 3.63) is 70.8 Å². The van der Waals surface area contributed by atoms with Crippen LogP contribution in [-0.2, 0) is 38.8 Å². The van der Waals surface area contributed by atoms with Gasteiger partial charge in [-0.05, 0) is 18.1 Å². The topological polar surface area (TPSA) is 77.1 Å². The van der Waals surface area contributed by atoms with Crippen LogP contribution in [0.2, 0.25) is 0 Å². The minimum Gasteiger partial charge on any atom is -0.377 e. The van der Waals surface area contributed by atoms with Crippen molar-refractivity contribution in [1.29, 1.82) is 0 Å². The molecule has 10 heteroatoms. The van der Waals surface area contributed by atoms with Crippen LogP contribution in [0.5, 0.6) is 0 Å². The maximum absolute atomic E-state index is 13.0. The third kappa shape index (κ3) is 5.20. The fraction of sp³-hybridized carbons (Fsp3) is 0.455. The van der Waals surface area contributed by atoms with Crippen LogP contribution in [0.25, 0.3) is 0 Å². The van der Waals surface area contributed by atoms with E-state index in [9.17, 15) is 13.2 Å². The first-order valence-corrected chi connectivity index (χ1v) is 10.2. The molecular weight excluding hydrogens is 425 g/mol. The second kappa shape index (κ2) is 9.05. The largest absolute Gasteiger partial charge is 0.442 e. The lowest BCUT2D eigenvalue weighted by molar-refractivity contribution is -0.166. The summed E-state index contributed by atoms with van der Waals surface area (Å²) >= 11 is 0. The number of hydrogen-bond donors (Lipinski definition) is 0. The highest BCUT2D eigenvalue weighted by atomic mass is 19.4. The molecule has 0 unspecified atom stereocenters. The molecule has 0 aliphatic carbocycles. The number of halogens is 3. The zero-order valence-corrected chi connectivity index (χ0v) is 17.5. The van der Waals surface area contributed by atoms with E-state index in [-0.39, 0.29) is 17.8 Å². The lowest BCUT2D eigenvalue weighted by Crippen LogP contribution is -2.30. The van der Waals surface area contributed by atoms with Gasteiger partial charge in [0, 0.05) is 11.1 Å². The van der Waals surface area contributed by atoms with E-state index in [4.69, 9.17) is 14.2 Å². The zero-order valence-electron chi connectivity index (χ0n) is 17.5. The Kier molecular flexibility index (Phi) is 6.36. The van der Waals surface area contributed by atoms with Gasteiger partial charge in [0.05, 0.1) is 39.6 Å². The molecule has 0 N–H and O–H groups in total. The van der Waals surface area contributed by atoms with Gasteiger partial charge in [0.1, 0.15) is 0 Å². The minimum atomic E-state index is -4.52. The Hall–Kier alpha value is -2.69.